The summed E-state index contributed by atoms with van der Waals surface area (Å²) >= 11 is 0. The Morgan fingerprint density at radius 3 is 2.28 bits per heavy atom. The standard InChI is InChI=1S/C17H31N3O3S.ClH/c1-2-3-10-24(22,23)20-8-6-13(7-9-20)17(21)19-16-11-14-4-5-15(12-16)18-14;/h13-16,18H,2-12H2,1H3,(H,19,21);1H. The zero-order valence-corrected chi connectivity index (χ0v) is 16.7. The number of hydrogen-bond acceptors (Lipinski definition) is 4. The van der Waals surface area contributed by atoms with Crippen molar-refractivity contribution in [2.45, 2.75) is 76.4 Å². The fourth-order valence-corrected chi connectivity index (χ4v) is 6.02. The Morgan fingerprint density at radius 2 is 1.72 bits per heavy atom. The van der Waals surface area contributed by atoms with Crippen LogP contribution < -0.4 is 10.6 Å². The maximum Gasteiger partial charge on any atom is 0.223 e. The van der Waals surface area contributed by atoms with Crippen molar-refractivity contribution in [3.8, 4) is 0 Å². The number of hydrogen-bond donors (Lipinski definition) is 2. The lowest BCUT2D eigenvalue weighted by atomic mass is 9.94. The highest BCUT2D eigenvalue weighted by Gasteiger charge is 2.36. The minimum absolute atomic E-state index is 0. The number of carbonyl (C=O) groups is 1. The van der Waals surface area contributed by atoms with Crippen molar-refractivity contribution in [1.29, 1.82) is 0 Å². The summed E-state index contributed by atoms with van der Waals surface area (Å²) in [5.74, 6) is 0.333. The molecule has 3 aliphatic rings. The van der Waals surface area contributed by atoms with Crippen molar-refractivity contribution in [3.63, 3.8) is 0 Å². The third-order valence-corrected chi connectivity index (χ3v) is 7.75. The van der Waals surface area contributed by atoms with Gasteiger partial charge in [-0.25, -0.2) is 12.7 Å². The fraction of sp³-hybridized carbons (Fsp3) is 0.941. The second kappa shape index (κ2) is 9.02. The molecule has 0 aromatic rings. The van der Waals surface area contributed by atoms with Crippen molar-refractivity contribution in [3.05, 3.63) is 0 Å². The van der Waals surface area contributed by atoms with Gasteiger partial charge in [0.25, 0.3) is 0 Å². The van der Waals surface area contributed by atoms with Gasteiger partial charge in [0.1, 0.15) is 0 Å². The van der Waals surface area contributed by atoms with E-state index in [2.05, 4.69) is 10.6 Å². The van der Waals surface area contributed by atoms with Gasteiger partial charge in [-0.15, -0.1) is 12.4 Å². The predicted molar refractivity (Wildman–Crippen MR) is 101 cm³/mol. The van der Waals surface area contributed by atoms with Crippen LogP contribution in [0.1, 0.15) is 58.3 Å². The van der Waals surface area contributed by atoms with Crippen LogP contribution in [0.15, 0.2) is 0 Å². The normalized spacial score (nSPS) is 30.7. The molecule has 2 atom stereocenters. The van der Waals surface area contributed by atoms with Gasteiger partial charge in [-0.1, -0.05) is 13.3 Å². The van der Waals surface area contributed by atoms with E-state index in [1.165, 1.54) is 12.8 Å². The lowest BCUT2D eigenvalue weighted by Crippen LogP contribution is -2.50. The van der Waals surface area contributed by atoms with E-state index in [4.69, 9.17) is 0 Å². The SMILES string of the molecule is CCCCS(=O)(=O)N1CCC(C(=O)NC2CC3CCC(C2)N3)CC1.Cl. The fourth-order valence-electron chi connectivity index (χ4n) is 4.35. The van der Waals surface area contributed by atoms with Crippen molar-refractivity contribution in [2.24, 2.45) is 5.92 Å². The first-order chi connectivity index (χ1) is 11.5. The third-order valence-electron chi connectivity index (χ3n) is 5.79. The van der Waals surface area contributed by atoms with Crippen LogP contribution in [0.5, 0.6) is 0 Å². The summed E-state index contributed by atoms with van der Waals surface area (Å²) in [7, 11) is -3.13. The molecule has 6 nitrogen and oxygen atoms in total. The first kappa shape index (κ1) is 20.9. The second-order valence-corrected chi connectivity index (χ2v) is 9.75. The zero-order chi connectivity index (χ0) is 17.2. The molecule has 0 aromatic carbocycles. The number of sulfonamides is 1. The van der Waals surface area contributed by atoms with E-state index in [0.717, 1.165) is 19.3 Å². The molecule has 0 radical (unpaired) electrons. The van der Waals surface area contributed by atoms with Crippen molar-refractivity contribution in [1.82, 2.24) is 14.9 Å². The summed E-state index contributed by atoms with van der Waals surface area (Å²) < 4.78 is 26.1. The highest BCUT2D eigenvalue weighted by molar-refractivity contribution is 7.89. The van der Waals surface area contributed by atoms with Crippen LogP contribution in [0.4, 0.5) is 0 Å². The molecule has 2 N–H and O–H groups in total. The zero-order valence-electron chi connectivity index (χ0n) is 15.1. The Kier molecular flexibility index (Phi) is 7.55. The van der Waals surface area contributed by atoms with E-state index < -0.39 is 10.0 Å². The van der Waals surface area contributed by atoms with E-state index >= 15 is 0 Å². The average Bonchev–Trinajstić information content (AvgIpc) is 2.91. The molecule has 146 valence electrons. The number of halogens is 1. The van der Waals surface area contributed by atoms with Crippen molar-refractivity contribution < 1.29 is 13.2 Å². The van der Waals surface area contributed by atoms with Crippen LogP contribution in [-0.4, -0.2) is 55.6 Å². The Labute approximate surface area is 157 Å². The number of rotatable bonds is 6. The molecule has 25 heavy (non-hydrogen) atoms. The summed E-state index contributed by atoms with van der Waals surface area (Å²) in [6.45, 7) is 2.97. The molecule has 0 saturated carbocycles. The summed E-state index contributed by atoms with van der Waals surface area (Å²) in [5, 5.41) is 6.82. The predicted octanol–water partition coefficient (Wildman–Crippen LogP) is 1.65. The summed E-state index contributed by atoms with van der Waals surface area (Å²) in [5.41, 5.74) is 0. The van der Waals surface area contributed by atoms with Gasteiger partial charge in [0, 0.05) is 37.1 Å². The van der Waals surface area contributed by atoms with Gasteiger partial charge in [0.2, 0.25) is 15.9 Å². The lowest BCUT2D eigenvalue weighted by molar-refractivity contribution is -0.127. The summed E-state index contributed by atoms with van der Waals surface area (Å²) in [4.78, 5) is 12.5. The molecule has 2 bridgehead atoms. The van der Waals surface area contributed by atoms with Gasteiger partial charge in [-0.3, -0.25) is 4.79 Å². The minimum atomic E-state index is -3.13. The molecule has 3 rings (SSSR count). The highest BCUT2D eigenvalue weighted by Crippen LogP contribution is 2.27. The Hall–Kier alpha value is -0.370. The quantitative estimate of drug-likeness (QED) is 0.719. The molecule has 2 unspecified atom stereocenters. The van der Waals surface area contributed by atoms with Crippen molar-refractivity contribution >= 4 is 28.3 Å². The van der Waals surface area contributed by atoms with E-state index in [0.29, 0.717) is 50.5 Å². The first-order valence-corrected chi connectivity index (χ1v) is 11.1. The maximum atomic E-state index is 12.5. The van der Waals surface area contributed by atoms with Crippen LogP contribution in [0.25, 0.3) is 0 Å². The molecular weight excluding hydrogens is 362 g/mol. The maximum absolute atomic E-state index is 12.5. The number of amides is 1. The van der Waals surface area contributed by atoms with Crippen LogP contribution in [0.2, 0.25) is 0 Å². The van der Waals surface area contributed by atoms with Crippen molar-refractivity contribution in [2.75, 3.05) is 18.8 Å². The molecule has 3 aliphatic heterocycles. The topological polar surface area (TPSA) is 78.5 Å². The Morgan fingerprint density at radius 1 is 1.12 bits per heavy atom. The van der Waals surface area contributed by atoms with Crippen LogP contribution in [0.3, 0.4) is 0 Å². The molecule has 0 aromatic heterocycles. The van der Waals surface area contributed by atoms with Crippen LogP contribution in [0, 0.1) is 5.92 Å². The number of fused-ring (bicyclic) bond motifs is 2. The molecule has 8 heteroatoms. The summed E-state index contributed by atoms with van der Waals surface area (Å²) in [6.07, 6.45) is 7.41. The second-order valence-electron chi connectivity index (χ2n) is 7.66. The van der Waals surface area contributed by atoms with Crippen LogP contribution in [-0.2, 0) is 14.8 Å². The van der Waals surface area contributed by atoms with E-state index in [1.54, 1.807) is 4.31 Å². The first-order valence-electron chi connectivity index (χ1n) is 9.52. The molecular formula is C17H32ClN3O3S. The van der Waals surface area contributed by atoms with E-state index in [-0.39, 0.29) is 30.0 Å². The monoisotopic (exact) mass is 393 g/mol. The Bertz CT molecular complexity index is 537. The molecule has 3 fully saturated rings. The molecule has 0 aliphatic carbocycles. The molecule has 3 saturated heterocycles. The van der Waals surface area contributed by atoms with E-state index in [1.807, 2.05) is 6.92 Å². The number of nitrogens with zero attached hydrogens (tertiary/aromatic N) is 1. The van der Waals surface area contributed by atoms with Gasteiger partial charge >= 0.3 is 0 Å². The lowest BCUT2D eigenvalue weighted by Gasteiger charge is -2.33. The van der Waals surface area contributed by atoms with Crippen LogP contribution >= 0.6 is 12.4 Å². The molecule has 3 heterocycles. The van der Waals surface area contributed by atoms with Gasteiger partial charge in [-0.05, 0) is 44.9 Å². The summed E-state index contributed by atoms with van der Waals surface area (Å²) in [6, 6.07) is 1.43. The van der Waals surface area contributed by atoms with Gasteiger partial charge in [0.15, 0.2) is 0 Å². The van der Waals surface area contributed by atoms with Gasteiger partial charge in [0.05, 0.1) is 5.75 Å². The largest absolute Gasteiger partial charge is 0.353 e. The van der Waals surface area contributed by atoms with Gasteiger partial charge in [-0.2, -0.15) is 0 Å². The molecule has 1 amide bonds. The number of carbonyl (C=O) groups excluding carboxylic acids is 1. The third kappa shape index (κ3) is 5.31. The average molecular weight is 394 g/mol. The minimum Gasteiger partial charge on any atom is -0.353 e. The Balaban J connectivity index is 0.00000225. The highest BCUT2D eigenvalue weighted by atomic mass is 35.5. The smallest absolute Gasteiger partial charge is 0.223 e. The van der Waals surface area contributed by atoms with Gasteiger partial charge < -0.3 is 10.6 Å². The van der Waals surface area contributed by atoms with E-state index in [9.17, 15) is 13.2 Å². The number of nitrogens with one attached hydrogen (secondary N) is 2. The number of unbranched alkanes of at least 4 members (excludes halogenated alkanes) is 1. The molecule has 0 spiro atoms. The number of piperidine rings is 2.